The average molecular weight is 253 g/mol. The van der Waals surface area contributed by atoms with E-state index in [1.54, 1.807) is 6.07 Å². The standard InChI is InChI=1S/C11H13BFNO4/c13-8-2-1-7-9(3-14)18-12-10(7)11(8)16-5-6(4-15)17-12/h1-2,6,9,15H,3-5,14H2/t6-,9-/m1/s1. The van der Waals surface area contributed by atoms with Gasteiger partial charge in [0.15, 0.2) is 11.6 Å². The molecule has 0 amide bonds. The van der Waals surface area contributed by atoms with E-state index >= 15 is 0 Å². The monoisotopic (exact) mass is 253 g/mol. The highest BCUT2D eigenvalue weighted by Gasteiger charge is 2.44. The van der Waals surface area contributed by atoms with Crippen molar-refractivity contribution in [3.63, 3.8) is 0 Å². The molecule has 2 heterocycles. The molecule has 18 heavy (non-hydrogen) atoms. The van der Waals surface area contributed by atoms with Gasteiger partial charge in [0.25, 0.3) is 0 Å². The fourth-order valence-electron chi connectivity index (χ4n) is 2.32. The van der Waals surface area contributed by atoms with E-state index in [9.17, 15) is 4.39 Å². The zero-order valence-electron chi connectivity index (χ0n) is 9.64. The molecule has 0 fully saturated rings. The Morgan fingerprint density at radius 3 is 3.00 bits per heavy atom. The maximum absolute atomic E-state index is 13.8. The average Bonchev–Trinajstić information content (AvgIpc) is 2.62. The quantitative estimate of drug-likeness (QED) is 0.683. The Morgan fingerprint density at radius 2 is 2.28 bits per heavy atom. The van der Waals surface area contributed by atoms with Crippen molar-refractivity contribution in [3.8, 4) is 5.75 Å². The summed E-state index contributed by atoms with van der Waals surface area (Å²) in [5, 5.41) is 9.14. The van der Waals surface area contributed by atoms with Gasteiger partial charge in [-0.05, 0) is 11.6 Å². The van der Waals surface area contributed by atoms with Gasteiger partial charge in [0.05, 0.1) is 12.7 Å². The van der Waals surface area contributed by atoms with Crippen LogP contribution in [0.15, 0.2) is 12.1 Å². The van der Waals surface area contributed by atoms with Gasteiger partial charge in [-0.25, -0.2) is 4.39 Å². The van der Waals surface area contributed by atoms with Crippen LogP contribution in [0.1, 0.15) is 11.7 Å². The van der Waals surface area contributed by atoms with E-state index in [4.69, 9.17) is 24.9 Å². The molecule has 0 saturated carbocycles. The van der Waals surface area contributed by atoms with Gasteiger partial charge < -0.3 is 24.9 Å². The summed E-state index contributed by atoms with van der Waals surface area (Å²) in [4.78, 5) is 0. The van der Waals surface area contributed by atoms with Crippen LogP contribution < -0.4 is 15.9 Å². The van der Waals surface area contributed by atoms with Gasteiger partial charge in [0.2, 0.25) is 0 Å². The molecule has 5 nitrogen and oxygen atoms in total. The van der Waals surface area contributed by atoms with Crippen molar-refractivity contribution in [2.24, 2.45) is 5.73 Å². The lowest BCUT2D eigenvalue weighted by Crippen LogP contribution is -2.36. The van der Waals surface area contributed by atoms with Crippen LogP contribution in [0.4, 0.5) is 4.39 Å². The summed E-state index contributed by atoms with van der Waals surface area (Å²) < 4.78 is 30.3. The lowest BCUT2D eigenvalue weighted by molar-refractivity contribution is 0.0489. The number of aliphatic hydroxyl groups is 1. The zero-order chi connectivity index (χ0) is 12.7. The third kappa shape index (κ3) is 1.71. The zero-order valence-corrected chi connectivity index (χ0v) is 9.64. The smallest absolute Gasteiger partial charge is 0.488 e. The number of nitrogens with two attached hydrogens (primary N) is 1. The van der Waals surface area contributed by atoms with Crippen molar-refractivity contribution in [3.05, 3.63) is 23.5 Å². The minimum Gasteiger partial charge on any atom is -0.488 e. The molecule has 96 valence electrons. The van der Waals surface area contributed by atoms with Gasteiger partial charge >= 0.3 is 7.12 Å². The Hall–Kier alpha value is -1.15. The van der Waals surface area contributed by atoms with Crippen molar-refractivity contribution in [1.82, 2.24) is 0 Å². The molecule has 1 aromatic carbocycles. The highest BCUT2D eigenvalue weighted by molar-refractivity contribution is 6.64. The van der Waals surface area contributed by atoms with Gasteiger partial charge in [-0.3, -0.25) is 0 Å². The maximum Gasteiger partial charge on any atom is 0.499 e. The van der Waals surface area contributed by atoms with Gasteiger partial charge in [0, 0.05) is 12.0 Å². The first-order valence-corrected chi connectivity index (χ1v) is 5.81. The van der Waals surface area contributed by atoms with Crippen LogP contribution in [0.3, 0.4) is 0 Å². The fraction of sp³-hybridized carbons (Fsp3) is 0.455. The topological polar surface area (TPSA) is 73.9 Å². The second-order valence-corrected chi connectivity index (χ2v) is 4.32. The fourth-order valence-corrected chi connectivity index (χ4v) is 2.32. The first-order valence-electron chi connectivity index (χ1n) is 5.81. The summed E-state index contributed by atoms with van der Waals surface area (Å²) in [6.45, 7) is 0.164. The highest BCUT2D eigenvalue weighted by Crippen LogP contribution is 2.32. The van der Waals surface area contributed by atoms with Crippen molar-refractivity contribution >= 4 is 12.6 Å². The lowest BCUT2D eigenvalue weighted by atomic mass is 9.77. The van der Waals surface area contributed by atoms with E-state index in [1.165, 1.54) is 6.07 Å². The number of ether oxygens (including phenoxy) is 1. The third-order valence-corrected chi connectivity index (χ3v) is 3.20. The van der Waals surface area contributed by atoms with E-state index in [2.05, 4.69) is 0 Å². The molecule has 2 atom stereocenters. The molecule has 0 aliphatic carbocycles. The summed E-state index contributed by atoms with van der Waals surface area (Å²) in [5.41, 5.74) is 6.96. The first kappa shape index (κ1) is 11.9. The molecule has 0 unspecified atom stereocenters. The maximum atomic E-state index is 13.8. The SMILES string of the molecule is NC[C@H]1OB2O[C@H](CO)COc3c(F)ccc1c32. The summed E-state index contributed by atoms with van der Waals surface area (Å²) in [7, 11) is -0.723. The van der Waals surface area contributed by atoms with Crippen molar-refractivity contribution in [2.45, 2.75) is 12.2 Å². The van der Waals surface area contributed by atoms with Gasteiger partial charge in [-0.15, -0.1) is 0 Å². The van der Waals surface area contributed by atoms with Crippen LogP contribution in [-0.4, -0.2) is 38.1 Å². The molecule has 1 aromatic rings. The van der Waals surface area contributed by atoms with Crippen LogP contribution in [0, 0.1) is 5.82 Å². The molecule has 0 spiro atoms. The predicted octanol–water partition coefficient (Wildman–Crippen LogP) is -0.679. The number of aliphatic hydroxyl groups excluding tert-OH is 1. The third-order valence-electron chi connectivity index (χ3n) is 3.20. The number of rotatable bonds is 2. The van der Waals surface area contributed by atoms with Crippen LogP contribution in [0.2, 0.25) is 0 Å². The Bertz CT molecular complexity index is 473. The van der Waals surface area contributed by atoms with Crippen LogP contribution >= 0.6 is 0 Å². The highest BCUT2D eigenvalue weighted by atomic mass is 19.1. The van der Waals surface area contributed by atoms with Crippen LogP contribution in [0.25, 0.3) is 0 Å². The predicted molar refractivity (Wildman–Crippen MR) is 62.1 cm³/mol. The second-order valence-electron chi connectivity index (χ2n) is 4.32. The van der Waals surface area contributed by atoms with Crippen LogP contribution in [0.5, 0.6) is 5.75 Å². The van der Waals surface area contributed by atoms with E-state index in [0.717, 1.165) is 5.56 Å². The van der Waals surface area contributed by atoms with E-state index in [-0.39, 0.29) is 31.6 Å². The molecule has 3 rings (SSSR count). The number of hydrogen-bond acceptors (Lipinski definition) is 5. The molecule has 3 N–H and O–H groups in total. The van der Waals surface area contributed by atoms with E-state index in [0.29, 0.717) is 5.46 Å². The summed E-state index contributed by atoms with van der Waals surface area (Å²) >= 11 is 0. The molecule has 2 aliphatic rings. The summed E-state index contributed by atoms with van der Waals surface area (Å²) in [6, 6.07) is 2.97. The van der Waals surface area contributed by atoms with Crippen LogP contribution in [-0.2, 0) is 9.31 Å². The Kier molecular flexibility index (Phi) is 2.99. The van der Waals surface area contributed by atoms with Gasteiger partial charge in [0.1, 0.15) is 12.7 Å². The Balaban J connectivity index is 2.07. The molecule has 0 aromatic heterocycles. The molecular weight excluding hydrogens is 240 g/mol. The Labute approximate surface area is 104 Å². The summed E-state index contributed by atoms with van der Waals surface area (Å²) in [5.74, 6) is -0.313. The summed E-state index contributed by atoms with van der Waals surface area (Å²) in [6.07, 6.45) is -0.864. The largest absolute Gasteiger partial charge is 0.499 e. The first-order chi connectivity index (χ1) is 8.74. The van der Waals surface area contributed by atoms with Gasteiger partial charge in [-0.1, -0.05) is 6.07 Å². The number of hydrogen-bond donors (Lipinski definition) is 2. The molecule has 0 bridgehead atoms. The van der Waals surface area contributed by atoms with Gasteiger partial charge in [-0.2, -0.15) is 0 Å². The molecular formula is C11H13BFNO4. The molecule has 7 heteroatoms. The molecule has 0 saturated heterocycles. The minimum atomic E-state index is -0.723. The normalized spacial score (nSPS) is 25.6. The molecule has 2 aliphatic heterocycles. The molecule has 0 radical (unpaired) electrons. The van der Waals surface area contributed by atoms with Crippen molar-refractivity contribution in [2.75, 3.05) is 19.8 Å². The number of halogens is 1. The minimum absolute atomic E-state index is 0.0943. The lowest BCUT2D eigenvalue weighted by Gasteiger charge is -2.16. The van der Waals surface area contributed by atoms with Crippen molar-refractivity contribution < 1.29 is 23.5 Å². The van der Waals surface area contributed by atoms with E-state index < -0.39 is 19.0 Å². The van der Waals surface area contributed by atoms with Crippen molar-refractivity contribution in [1.29, 1.82) is 0 Å². The van der Waals surface area contributed by atoms with E-state index in [1.807, 2.05) is 0 Å². The Morgan fingerprint density at radius 1 is 1.44 bits per heavy atom. The second kappa shape index (κ2) is 4.51. The number of benzene rings is 1.